The van der Waals surface area contributed by atoms with Crippen LogP contribution in [0.25, 0.3) is 5.69 Å². The van der Waals surface area contributed by atoms with Gasteiger partial charge in [0.05, 0.1) is 23.1 Å². The van der Waals surface area contributed by atoms with E-state index < -0.39 is 0 Å². The molecular formula is C19H18ClN5O2. The molecule has 0 aliphatic rings. The van der Waals surface area contributed by atoms with E-state index in [1.807, 2.05) is 19.1 Å². The van der Waals surface area contributed by atoms with Crippen molar-refractivity contribution in [3.8, 4) is 5.69 Å². The van der Waals surface area contributed by atoms with Crippen molar-refractivity contribution in [2.75, 3.05) is 17.7 Å². The van der Waals surface area contributed by atoms with Crippen molar-refractivity contribution in [3.63, 3.8) is 0 Å². The van der Waals surface area contributed by atoms with E-state index in [9.17, 15) is 9.59 Å². The first-order chi connectivity index (χ1) is 13.0. The van der Waals surface area contributed by atoms with Crippen molar-refractivity contribution in [1.82, 2.24) is 15.1 Å². The highest BCUT2D eigenvalue weighted by atomic mass is 35.5. The Morgan fingerprint density at radius 3 is 2.15 bits per heavy atom. The van der Waals surface area contributed by atoms with Crippen LogP contribution in [0.3, 0.4) is 0 Å². The molecule has 0 aliphatic carbocycles. The number of carbonyl (C=O) groups is 2. The summed E-state index contributed by atoms with van der Waals surface area (Å²) in [6, 6.07) is 13.7. The van der Waals surface area contributed by atoms with Crippen LogP contribution in [0.15, 0.2) is 54.7 Å². The molecule has 0 spiro atoms. The van der Waals surface area contributed by atoms with E-state index in [-0.39, 0.29) is 11.9 Å². The molecule has 0 aliphatic heterocycles. The molecule has 0 radical (unpaired) electrons. The number of nitrogens with zero attached hydrogens (tertiary/aromatic N) is 2. The van der Waals surface area contributed by atoms with Crippen molar-refractivity contribution in [1.29, 1.82) is 0 Å². The van der Waals surface area contributed by atoms with Gasteiger partial charge < -0.3 is 16.0 Å². The Morgan fingerprint density at radius 2 is 1.56 bits per heavy atom. The van der Waals surface area contributed by atoms with Gasteiger partial charge in [0.25, 0.3) is 5.91 Å². The molecule has 8 heteroatoms. The lowest BCUT2D eigenvalue weighted by molar-refractivity contribution is 0.102. The summed E-state index contributed by atoms with van der Waals surface area (Å²) in [6.07, 6.45) is 1.53. The van der Waals surface area contributed by atoms with Gasteiger partial charge in [-0.05, 0) is 55.5 Å². The maximum Gasteiger partial charge on any atom is 0.318 e. The quantitative estimate of drug-likeness (QED) is 0.639. The van der Waals surface area contributed by atoms with E-state index in [2.05, 4.69) is 21.0 Å². The monoisotopic (exact) mass is 383 g/mol. The van der Waals surface area contributed by atoms with Gasteiger partial charge in [0.1, 0.15) is 0 Å². The summed E-state index contributed by atoms with van der Waals surface area (Å²) in [6.45, 7) is 1.83. The molecule has 7 nitrogen and oxygen atoms in total. The van der Waals surface area contributed by atoms with E-state index >= 15 is 0 Å². The van der Waals surface area contributed by atoms with Crippen molar-refractivity contribution in [2.45, 2.75) is 6.92 Å². The molecule has 3 rings (SSSR count). The van der Waals surface area contributed by atoms with Crippen LogP contribution in [0.1, 0.15) is 16.1 Å². The third-order valence-electron chi connectivity index (χ3n) is 3.95. The second kappa shape index (κ2) is 7.92. The average molecular weight is 384 g/mol. The third kappa shape index (κ3) is 4.27. The zero-order chi connectivity index (χ0) is 19.4. The Morgan fingerprint density at radius 1 is 0.963 bits per heavy atom. The normalized spacial score (nSPS) is 10.3. The van der Waals surface area contributed by atoms with Gasteiger partial charge in [-0.15, -0.1) is 0 Å². The number of benzene rings is 2. The number of rotatable bonds is 4. The van der Waals surface area contributed by atoms with E-state index in [0.717, 1.165) is 5.69 Å². The van der Waals surface area contributed by atoms with Gasteiger partial charge in [-0.2, -0.15) is 5.10 Å². The van der Waals surface area contributed by atoms with Gasteiger partial charge in [0, 0.05) is 23.4 Å². The number of anilines is 2. The van der Waals surface area contributed by atoms with Crippen LogP contribution in [0.2, 0.25) is 5.02 Å². The SMILES string of the molecule is CNC(=O)Nc1ccc(NC(=O)c2cnn(-c3ccc(Cl)cc3)c2C)cc1. The summed E-state index contributed by atoms with van der Waals surface area (Å²) in [7, 11) is 1.54. The standard InChI is InChI=1S/C19H18ClN5O2/c1-12-17(11-22-25(12)16-9-3-13(20)4-10-16)18(26)23-14-5-7-15(8-6-14)24-19(27)21-2/h3-11H,1-2H3,(H,23,26)(H2,21,24,27). The molecule has 1 aromatic heterocycles. The summed E-state index contributed by atoms with van der Waals surface area (Å²) < 4.78 is 1.68. The second-order valence-electron chi connectivity index (χ2n) is 5.77. The maximum absolute atomic E-state index is 12.6. The Balaban J connectivity index is 1.73. The van der Waals surface area contributed by atoms with Gasteiger partial charge in [-0.3, -0.25) is 4.79 Å². The van der Waals surface area contributed by atoms with Crippen LogP contribution in [-0.2, 0) is 0 Å². The zero-order valence-electron chi connectivity index (χ0n) is 14.8. The van der Waals surface area contributed by atoms with Crippen LogP contribution in [0, 0.1) is 6.92 Å². The predicted molar refractivity (Wildman–Crippen MR) is 106 cm³/mol. The molecule has 0 atom stereocenters. The first-order valence-electron chi connectivity index (χ1n) is 8.18. The molecule has 0 saturated heterocycles. The fourth-order valence-electron chi connectivity index (χ4n) is 2.50. The highest BCUT2D eigenvalue weighted by Gasteiger charge is 2.15. The Kier molecular flexibility index (Phi) is 5.42. The van der Waals surface area contributed by atoms with Crippen molar-refractivity contribution in [2.24, 2.45) is 0 Å². The summed E-state index contributed by atoms with van der Waals surface area (Å²) >= 11 is 5.91. The number of amides is 3. The molecule has 0 bridgehead atoms. The van der Waals surface area contributed by atoms with Crippen molar-refractivity contribution >= 4 is 34.9 Å². The first-order valence-corrected chi connectivity index (χ1v) is 8.56. The molecule has 27 heavy (non-hydrogen) atoms. The number of carbonyl (C=O) groups excluding carboxylic acids is 2. The van der Waals surface area contributed by atoms with Gasteiger partial charge in [-0.1, -0.05) is 11.6 Å². The summed E-state index contributed by atoms with van der Waals surface area (Å²) in [5, 5.41) is 12.9. The minimum atomic E-state index is -0.308. The first kappa shape index (κ1) is 18.5. The Bertz CT molecular complexity index is 965. The number of nitrogens with one attached hydrogen (secondary N) is 3. The minimum absolute atomic E-state index is 0.264. The van der Waals surface area contributed by atoms with Gasteiger partial charge in [0.15, 0.2) is 0 Å². The fraction of sp³-hybridized carbons (Fsp3) is 0.105. The Labute approximate surface area is 161 Å². The minimum Gasteiger partial charge on any atom is -0.341 e. The number of urea groups is 1. The average Bonchev–Trinajstić information content (AvgIpc) is 3.05. The van der Waals surface area contributed by atoms with Gasteiger partial charge in [-0.25, -0.2) is 9.48 Å². The predicted octanol–water partition coefficient (Wildman–Crippen LogP) is 3.84. The maximum atomic E-state index is 12.6. The van der Waals surface area contributed by atoms with Crippen molar-refractivity contribution < 1.29 is 9.59 Å². The van der Waals surface area contributed by atoms with Crippen LogP contribution in [-0.4, -0.2) is 28.8 Å². The largest absolute Gasteiger partial charge is 0.341 e. The topological polar surface area (TPSA) is 88.1 Å². The van der Waals surface area contributed by atoms with E-state index in [4.69, 9.17) is 11.6 Å². The molecule has 3 N–H and O–H groups in total. The van der Waals surface area contributed by atoms with Gasteiger partial charge >= 0.3 is 6.03 Å². The summed E-state index contributed by atoms with van der Waals surface area (Å²) in [5.74, 6) is -0.264. The smallest absolute Gasteiger partial charge is 0.318 e. The lowest BCUT2D eigenvalue weighted by Gasteiger charge is -2.08. The van der Waals surface area contributed by atoms with Crippen LogP contribution < -0.4 is 16.0 Å². The summed E-state index contributed by atoms with van der Waals surface area (Å²) in [4.78, 5) is 23.9. The molecule has 0 saturated carbocycles. The molecule has 0 unspecified atom stereocenters. The number of halogens is 1. The molecule has 2 aromatic carbocycles. The molecule has 1 heterocycles. The molecular weight excluding hydrogens is 366 g/mol. The fourth-order valence-corrected chi connectivity index (χ4v) is 2.63. The molecule has 3 aromatic rings. The lowest BCUT2D eigenvalue weighted by atomic mass is 10.2. The molecule has 3 amide bonds. The second-order valence-corrected chi connectivity index (χ2v) is 6.20. The zero-order valence-corrected chi connectivity index (χ0v) is 15.5. The highest BCUT2D eigenvalue weighted by Crippen LogP contribution is 2.19. The third-order valence-corrected chi connectivity index (χ3v) is 4.21. The van der Waals surface area contributed by atoms with Crippen molar-refractivity contribution in [3.05, 3.63) is 71.0 Å². The lowest BCUT2D eigenvalue weighted by Crippen LogP contribution is -2.24. The van der Waals surface area contributed by atoms with Crippen LogP contribution in [0.4, 0.5) is 16.2 Å². The molecule has 0 fully saturated rings. The van der Waals surface area contributed by atoms with E-state index in [1.54, 1.807) is 41.1 Å². The number of hydrogen-bond donors (Lipinski definition) is 3. The number of aromatic nitrogens is 2. The number of hydrogen-bond acceptors (Lipinski definition) is 3. The highest BCUT2D eigenvalue weighted by molar-refractivity contribution is 6.30. The molecule has 138 valence electrons. The van der Waals surface area contributed by atoms with Gasteiger partial charge in [0.2, 0.25) is 0 Å². The van der Waals surface area contributed by atoms with E-state index in [1.165, 1.54) is 13.2 Å². The van der Waals surface area contributed by atoms with Crippen LogP contribution in [0.5, 0.6) is 0 Å². The Hall–Kier alpha value is -3.32. The van der Waals surface area contributed by atoms with E-state index in [0.29, 0.717) is 27.7 Å². The summed E-state index contributed by atoms with van der Waals surface area (Å²) in [5.41, 5.74) is 3.24. The van der Waals surface area contributed by atoms with Crippen LogP contribution >= 0.6 is 11.6 Å².